The zero-order chi connectivity index (χ0) is 21.2. The van der Waals surface area contributed by atoms with E-state index in [1.807, 2.05) is 45.0 Å². The summed E-state index contributed by atoms with van der Waals surface area (Å²) in [5.41, 5.74) is 4.50. The van der Waals surface area contributed by atoms with Crippen LogP contribution in [-0.2, 0) is 10.0 Å². The van der Waals surface area contributed by atoms with Crippen molar-refractivity contribution in [1.82, 2.24) is 14.9 Å². The predicted molar refractivity (Wildman–Crippen MR) is 114 cm³/mol. The summed E-state index contributed by atoms with van der Waals surface area (Å²) in [4.78, 5) is 12.3. The van der Waals surface area contributed by atoms with Crippen LogP contribution in [-0.4, -0.2) is 24.5 Å². The first-order valence-corrected chi connectivity index (χ1v) is 11.3. The molecule has 0 radical (unpaired) electrons. The maximum Gasteiger partial charge on any atom is 0.270 e. The number of hydrogen-bond acceptors (Lipinski definition) is 6. The summed E-state index contributed by atoms with van der Waals surface area (Å²) in [6, 6.07) is 12.4. The van der Waals surface area contributed by atoms with E-state index in [1.54, 1.807) is 25.1 Å². The summed E-state index contributed by atoms with van der Waals surface area (Å²) in [7, 11) is -3.87. The molecule has 2 aromatic carbocycles. The minimum Gasteiger partial charge on any atom is -0.296 e. The van der Waals surface area contributed by atoms with E-state index in [1.165, 1.54) is 0 Å². The lowest BCUT2D eigenvalue weighted by Gasteiger charge is -2.14. The molecule has 9 heteroatoms. The highest BCUT2D eigenvalue weighted by molar-refractivity contribution is 7.91. The minimum atomic E-state index is -3.87. The highest BCUT2D eigenvalue weighted by atomic mass is 32.2. The molecule has 2 N–H and O–H groups in total. The zero-order valence-corrected chi connectivity index (χ0v) is 18.2. The summed E-state index contributed by atoms with van der Waals surface area (Å²) >= 11 is 0.805. The summed E-state index contributed by atoms with van der Waals surface area (Å²) in [5, 5.41) is 10.2. The maximum absolute atomic E-state index is 12.7. The third-order valence-electron chi connectivity index (χ3n) is 4.50. The third-order valence-corrected chi connectivity index (χ3v) is 7.25. The second kappa shape index (κ2) is 8.40. The van der Waals surface area contributed by atoms with Gasteiger partial charge in [-0.05, 0) is 56.5 Å². The van der Waals surface area contributed by atoms with Crippen LogP contribution in [0.2, 0.25) is 0 Å². The first kappa shape index (κ1) is 21.1. The van der Waals surface area contributed by atoms with Crippen molar-refractivity contribution in [3.05, 3.63) is 70.3 Å². The van der Waals surface area contributed by atoms with Crippen molar-refractivity contribution < 1.29 is 13.2 Å². The highest BCUT2D eigenvalue weighted by Gasteiger charge is 2.24. The number of anilines is 1. The molecule has 0 bridgehead atoms. The molecule has 3 rings (SSSR count). The normalized spacial score (nSPS) is 12.6. The average Bonchev–Trinajstić information content (AvgIpc) is 3.13. The van der Waals surface area contributed by atoms with E-state index in [9.17, 15) is 13.2 Å². The molecule has 1 aromatic heterocycles. The summed E-state index contributed by atoms with van der Waals surface area (Å²) in [5.74, 6) is -0.370. The van der Waals surface area contributed by atoms with Gasteiger partial charge >= 0.3 is 0 Å². The molecule has 1 atom stereocenters. The summed E-state index contributed by atoms with van der Waals surface area (Å²) in [6.07, 6.45) is 0. The molecule has 0 unspecified atom stereocenters. The molecule has 3 aromatic rings. The molecule has 0 saturated carbocycles. The molecule has 0 fully saturated rings. The van der Waals surface area contributed by atoms with E-state index < -0.39 is 16.1 Å². The fourth-order valence-corrected chi connectivity index (χ4v) is 4.85. The van der Waals surface area contributed by atoms with Gasteiger partial charge in [0.15, 0.2) is 0 Å². The number of nitrogens with zero attached hydrogens (tertiary/aromatic N) is 2. The first-order valence-electron chi connectivity index (χ1n) is 8.97. The minimum absolute atomic E-state index is 0.121. The molecule has 152 valence electrons. The number of sulfonamides is 1. The lowest BCUT2D eigenvalue weighted by molar-refractivity contribution is 0.102. The molecule has 1 amide bonds. The molecule has 1 heterocycles. The summed E-state index contributed by atoms with van der Waals surface area (Å²) in [6.45, 7) is 7.63. The molecule has 0 aliphatic heterocycles. The van der Waals surface area contributed by atoms with Gasteiger partial charge in [-0.15, -0.1) is 10.2 Å². The van der Waals surface area contributed by atoms with Gasteiger partial charge in [0, 0.05) is 11.6 Å². The Morgan fingerprint density at radius 1 is 1.03 bits per heavy atom. The van der Waals surface area contributed by atoms with Gasteiger partial charge in [0.05, 0.1) is 0 Å². The van der Waals surface area contributed by atoms with Crippen molar-refractivity contribution in [3.8, 4) is 0 Å². The largest absolute Gasteiger partial charge is 0.296 e. The number of nitrogens with one attached hydrogen (secondary N) is 2. The Kier molecular flexibility index (Phi) is 6.11. The smallest absolute Gasteiger partial charge is 0.270 e. The van der Waals surface area contributed by atoms with Crippen LogP contribution in [0, 0.1) is 20.8 Å². The predicted octanol–water partition coefficient (Wildman–Crippen LogP) is 3.76. The van der Waals surface area contributed by atoms with E-state index in [4.69, 9.17) is 0 Å². The second-order valence-electron chi connectivity index (χ2n) is 6.88. The van der Waals surface area contributed by atoms with Crippen molar-refractivity contribution in [3.63, 3.8) is 0 Å². The maximum atomic E-state index is 12.7. The molecule has 0 aliphatic carbocycles. The Morgan fingerprint density at radius 2 is 1.79 bits per heavy atom. The van der Waals surface area contributed by atoms with E-state index in [-0.39, 0.29) is 15.4 Å². The standard InChI is InChI=1S/C20H22N4O3S2/c1-12-6-5-7-17(10-12)18(25)21-19-22-23-20(28-19)29(26,27)24-15(4)16-9-8-13(2)14(3)11-16/h5-11,15,24H,1-4H3,(H,21,22,25)/t15-/m0/s1. The van der Waals surface area contributed by atoms with Crippen molar-refractivity contribution in [2.24, 2.45) is 0 Å². The zero-order valence-electron chi connectivity index (χ0n) is 16.6. The van der Waals surface area contributed by atoms with Crippen LogP contribution in [0.25, 0.3) is 0 Å². The van der Waals surface area contributed by atoms with Gasteiger partial charge in [0.25, 0.3) is 15.9 Å². The SMILES string of the molecule is Cc1cccc(C(=O)Nc2nnc(S(=O)(=O)N[C@@H](C)c3ccc(C)c(C)c3)s2)c1. The van der Waals surface area contributed by atoms with Crippen molar-refractivity contribution >= 4 is 32.4 Å². The Hall–Kier alpha value is -2.62. The average molecular weight is 431 g/mol. The number of benzene rings is 2. The van der Waals surface area contributed by atoms with Crippen LogP contribution in [0.4, 0.5) is 5.13 Å². The second-order valence-corrected chi connectivity index (χ2v) is 9.75. The Balaban J connectivity index is 1.72. The molecular weight excluding hydrogens is 408 g/mol. The molecule has 0 aliphatic rings. The number of rotatable bonds is 6. The van der Waals surface area contributed by atoms with E-state index in [0.29, 0.717) is 5.56 Å². The monoisotopic (exact) mass is 430 g/mol. The van der Waals surface area contributed by atoms with Crippen molar-refractivity contribution in [2.45, 2.75) is 38.1 Å². The number of carbonyl (C=O) groups excluding carboxylic acids is 1. The number of hydrogen-bond donors (Lipinski definition) is 2. The fourth-order valence-electron chi connectivity index (χ4n) is 2.71. The van der Waals surface area contributed by atoms with Gasteiger partial charge in [-0.3, -0.25) is 10.1 Å². The molecule has 29 heavy (non-hydrogen) atoms. The van der Waals surface area contributed by atoms with Gasteiger partial charge in [0.2, 0.25) is 9.47 Å². The fraction of sp³-hybridized carbons (Fsp3) is 0.250. The van der Waals surface area contributed by atoms with Crippen molar-refractivity contribution in [1.29, 1.82) is 0 Å². The lowest BCUT2D eigenvalue weighted by atomic mass is 10.0. The Bertz CT molecular complexity index is 1160. The van der Waals surface area contributed by atoms with E-state index in [2.05, 4.69) is 20.2 Å². The van der Waals surface area contributed by atoms with Crippen LogP contribution in [0.15, 0.2) is 46.8 Å². The molecule has 0 spiro atoms. The number of amides is 1. The van der Waals surface area contributed by atoms with Crippen LogP contribution < -0.4 is 10.0 Å². The van der Waals surface area contributed by atoms with Crippen LogP contribution in [0.5, 0.6) is 0 Å². The molecular formula is C20H22N4O3S2. The number of aryl methyl sites for hydroxylation is 3. The van der Waals surface area contributed by atoms with Gasteiger partial charge in [-0.1, -0.05) is 47.2 Å². The number of aromatic nitrogens is 2. The van der Waals surface area contributed by atoms with Crippen LogP contribution in [0.1, 0.15) is 45.6 Å². The van der Waals surface area contributed by atoms with E-state index >= 15 is 0 Å². The molecule has 0 saturated heterocycles. The van der Waals surface area contributed by atoms with E-state index in [0.717, 1.165) is 33.6 Å². The quantitative estimate of drug-likeness (QED) is 0.580. The van der Waals surface area contributed by atoms with Gasteiger partial charge < -0.3 is 0 Å². The Morgan fingerprint density at radius 3 is 2.48 bits per heavy atom. The van der Waals surface area contributed by atoms with Gasteiger partial charge in [-0.2, -0.15) is 0 Å². The van der Waals surface area contributed by atoms with Crippen molar-refractivity contribution in [2.75, 3.05) is 5.32 Å². The third kappa shape index (κ3) is 5.06. The van der Waals surface area contributed by atoms with Crippen LogP contribution in [0.3, 0.4) is 0 Å². The molecule has 7 nitrogen and oxygen atoms in total. The number of carbonyl (C=O) groups is 1. The van der Waals surface area contributed by atoms with Crippen LogP contribution >= 0.6 is 11.3 Å². The van der Waals surface area contributed by atoms with Gasteiger partial charge in [0.1, 0.15) is 0 Å². The topological polar surface area (TPSA) is 101 Å². The van der Waals surface area contributed by atoms with Gasteiger partial charge in [-0.25, -0.2) is 13.1 Å². The Labute approximate surface area is 174 Å². The highest BCUT2D eigenvalue weighted by Crippen LogP contribution is 2.24. The summed E-state index contributed by atoms with van der Waals surface area (Å²) < 4.78 is 27.7. The first-order chi connectivity index (χ1) is 13.7. The lowest BCUT2D eigenvalue weighted by Crippen LogP contribution is -2.26.